The molecule has 0 radical (unpaired) electrons. The van der Waals surface area contributed by atoms with Gasteiger partial charge in [0.15, 0.2) is 0 Å². The van der Waals surface area contributed by atoms with Crippen LogP contribution < -0.4 is 5.32 Å². The van der Waals surface area contributed by atoms with Crippen LogP contribution in [0.1, 0.15) is 52.4 Å². The largest absolute Gasteiger partial charge is 0.353 e. The molecule has 126 valence electrons. The molecule has 1 unspecified atom stereocenters. The summed E-state index contributed by atoms with van der Waals surface area (Å²) in [7, 11) is 0. The van der Waals surface area contributed by atoms with Crippen LogP contribution in [0.5, 0.6) is 0 Å². The third-order valence-corrected chi connectivity index (χ3v) is 5.05. The highest BCUT2D eigenvalue weighted by molar-refractivity contribution is 5.78. The van der Waals surface area contributed by atoms with Crippen molar-refractivity contribution in [2.45, 2.75) is 58.4 Å². The topological polar surface area (TPSA) is 52.7 Å². The van der Waals surface area contributed by atoms with Gasteiger partial charge in [0.25, 0.3) is 0 Å². The Morgan fingerprint density at radius 1 is 1.14 bits per heavy atom. The van der Waals surface area contributed by atoms with Crippen LogP contribution in [0.3, 0.4) is 0 Å². The molecule has 1 saturated heterocycles. The van der Waals surface area contributed by atoms with E-state index in [4.69, 9.17) is 0 Å². The molecule has 2 rings (SSSR count). The molecule has 5 nitrogen and oxygen atoms in total. The summed E-state index contributed by atoms with van der Waals surface area (Å²) in [6.07, 6.45) is 6.71. The van der Waals surface area contributed by atoms with E-state index in [0.29, 0.717) is 18.4 Å². The van der Waals surface area contributed by atoms with Gasteiger partial charge >= 0.3 is 0 Å². The normalized spacial score (nSPS) is 21.8. The molecule has 1 aliphatic carbocycles. The molecule has 0 spiro atoms. The SMILES string of the molecule is CCC(C)NC(=O)CN1CCN(C(=O)CC2CCCC2)CC1. The molecule has 2 amide bonds. The number of piperazine rings is 1. The van der Waals surface area contributed by atoms with Crippen molar-refractivity contribution in [3.05, 3.63) is 0 Å². The van der Waals surface area contributed by atoms with Crippen molar-refractivity contribution in [3.8, 4) is 0 Å². The van der Waals surface area contributed by atoms with Gasteiger partial charge in [-0.05, 0) is 32.1 Å². The second kappa shape index (κ2) is 8.51. The van der Waals surface area contributed by atoms with Gasteiger partial charge in [0.1, 0.15) is 0 Å². The van der Waals surface area contributed by atoms with Gasteiger partial charge in [0.05, 0.1) is 6.54 Å². The Bertz CT molecular complexity index is 372. The summed E-state index contributed by atoms with van der Waals surface area (Å²) in [6, 6.07) is 0.238. The Morgan fingerprint density at radius 2 is 1.77 bits per heavy atom. The highest BCUT2D eigenvalue weighted by Crippen LogP contribution is 2.28. The molecule has 2 fully saturated rings. The van der Waals surface area contributed by atoms with Gasteiger partial charge in [-0.2, -0.15) is 0 Å². The van der Waals surface area contributed by atoms with E-state index in [-0.39, 0.29) is 11.9 Å². The number of nitrogens with zero attached hydrogens (tertiary/aromatic N) is 2. The van der Waals surface area contributed by atoms with Crippen molar-refractivity contribution in [2.24, 2.45) is 5.92 Å². The van der Waals surface area contributed by atoms with Gasteiger partial charge in [-0.1, -0.05) is 19.8 Å². The zero-order valence-corrected chi connectivity index (χ0v) is 14.1. The highest BCUT2D eigenvalue weighted by atomic mass is 16.2. The summed E-state index contributed by atoms with van der Waals surface area (Å²) >= 11 is 0. The molecular weight excluding hydrogens is 278 g/mol. The zero-order valence-electron chi connectivity index (χ0n) is 14.1. The second-order valence-corrected chi connectivity index (χ2v) is 6.89. The third kappa shape index (κ3) is 5.27. The Hall–Kier alpha value is -1.10. The first-order valence-electron chi connectivity index (χ1n) is 8.88. The van der Waals surface area contributed by atoms with Gasteiger partial charge in [-0.25, -0.2) is 0 Å². The molecule has 1 atom stereocenters. The summed E-state index contributed by atoms with van der Waals surface area (Å²) in [5, 5.41) is 3.00. The highest BCUT2D eigenvalue weighted by Gasteiger charge is 2.25. The standard InChI is InChI=1S/C17H31N3O2/c1-3-14(2)18-16(21)13-19-8-10-20(11-9-19)17(22)12-15-6-4-5-7-15/h14-15H,3-13H2,1-2H3,(H,18,21). The predicted octanol–water partition coefficient (Wildman–Crippen LogP) is 1.63. The Balaban J connectivity index is 1.66. The fourth-order valence-corrected chi connectivity index (χ4v) is 3.37. The maximum atomic E-state index is 12.3. The molecule has 2 aliphatic rings. The number of carbonyl (C=O) groups is 2. The first-order chi connectivity index (χ1) is 10.6. The van der Waals surface area contributed by atoms with Crippen LogP contribution in [0.4, 0.5) is 0 Å². The van der Waals surface area contributed by atoms with Crippen LogP contribution in [0, 0.1) is 5.92 Å². The number of amides is 2. The van der Waals surface area contributed by atoms with Crippen LogP contribution in [-0.4, -0.2) is 60.4 Å². The van der Waals surface area contributed by atoms with Gasteiger partial charge in [0, 0.05) is 38.6 Å². The minimum atomic E-state index is 0.0973. The summed E-state index contributed by atoms with van der Waals surface area (Å²) in [5.74, 6) is 1.03. The van der Waals surface area contributed by atoms with Crippen molar-refractivity contribution in [2.75, 3.05) is 32.7 Å². The number of rotatable bonds is 6. The lowest BCUT2D eigenvalue weighted by atomic mass is 10.0. The number of carbonyl (C=O) groups excluding carboxylic acids is 2. The molecule has 1 aliphatic heterocycles. The van der Waals surface area contributed by atoms with E-state index in [1.54, 1.807) is 0 Å². The number of nitrogens with one attached hydrogen (secondary N) is 1. The van der Waals surface area contributed by atoms with E-state index < -0.39 is 0 Å². The average Bonchev–Trinajstić information content (AvgIpc) is 3.00. The lowest BCUT2D eigenvalue weighted by Crippen LogP contribution is -2.51. The van der Waals surface area contributed by atoms with E-state index in [1.165, 1.54) is 25.7 Å². The lowest BCUT2D eigenvalue weighted by Gasteiger charge is -2.35. The molecular formula is C17H31N3O2. The second-order valence-electron chi connectivity index (χ2n) is 6.89. The van der Waals surface area contributed by atoms with Gasteiger partial charge in [-0.3, -0.25) is 14.5 Å². The molecule has 0 aromatic rings. The smallest absolute Gasteiger partial charge is 0.234 e. The van der Waals surface area contributed by atoms with Gasteiger partial charge < -0.3 is 10.2 Å². The number of hydrogen-bond acceptors (Lipinski definition) is 3. The van der Waals surface area contributed by atoms with Crippen molar-refractivity contribution >= 4 is 11.8 Å². The minimum absolute atomic E-state index is 0.0973. The lowest BCUT2D eigenvalue weighted by molar-refractivity contribution is -0.134. The average molecular weight is 309 g/mol. The van der Waals surface area contributed by atoms with Gasteiger partial charge in [-0.15, -0.1) is 0 Å². The Morgan fingerprint density at radius 3 is 2.36 bits per heavy atom. The van der Waals surface area contributed by atoms with Crippen LogP contribution in [0.2, 0.25) is 0 Å². The van der Waals surface area contributed by atoms with E-state index >= 15 is 0 Å². The predicted molar refractivity (Wildman–Crippen MR) is 87.5 cm³/mol. The van der Waals surface area contributed by atoms with Crippen molar-refractivity contribution in [3.63, 3.8) is 0 Å². The molecule has 5 heteroatoms. The molecule has 1 heterocycles. The monoisotopic (exact) mass is 309 g/mol. The first kappa shape index (κ1) is 17.3. The fraction of sp³-hybridized carbons (Fsp3) is 0.882. The molecule has 1 N–H and O–H groups in total. The molecule has 0 aromatic carbocycles. The maximum Gasteiger partial charge on any atom is 0.234 e. The summed E-state index contributed by atoms with van der Waals surface area (Å²) in [6.45, 7) is 7.70. The summed E-state index contributed by atoms with van der Waals surface area (Å²) in [4.78, 5) is 28.3. The van der Waals surface area contributed by atoms with Crippen molar-refractivity contribution < 1.29 is 9.59 Å². The first-order valence-corrected chi connectivity index (χ1v) is 8.88. The number of hydrogen-bond donors (Lipinski definition) is 1. The molecule has 1 saturated carbocycles. The summed E-state index contributed by atoms with van der Waals surface area (Å²) in [5.41, 5.74) is 0. The molecule has 0 bridgehead atoms. The zero-order chi connectivity index (χ0) is 15.9. The van der Waals surface area contributed by atoms with Crippen LogP contribution in [0.15, 0.2) is 0 Å². The Kier molecular flexibility index (Phi) is 6.68. The maximum absolute atomic E-state index is 12.3. The quantitative estimate of drug-likeness (QED) is 0.811. The summed E-state index contributed by atoms with van der Waals surface area (Å²) < 4.78 is 0. The van der Waals surface area contributed by atoms with E-state index in [2.05, 4.69) is 17.1 Å². The van der Waals surface area contributed by atoms with E-state index in [1.807, 2.05) is 11.8 Å². The van der Waals surface area contributed by atoms with E-state index in [0.717, 1.165) is 39.0 Å². The van der Waals surface area contributed by atoms with Crippen molar-refractivity contribution in [1.82, 2.24) is 15.1 Å². The van der Waals surface area contributed by atoms with Gasteiger partial charge in [0.2, 0.25) is 11.8 Å². The van der Waals surface area contributed by atoms with Crippen LogP contribution in [0.25, 0.3) is 0 Å². The van der Waals surface area contributed by atoms with Crippen molar-refractivity contribution in [1.29, 1.82) is 0 Å². The van der Waals surface area contributed by atoms with E-state index in [9.17, 15) is 9.59 Å². The van der Waals surface area contributed by atoms with Crippen LogP contribution >= 0.6 is 0 Å². The fourth-order valence-electron chi connectivity index (χ4n) is 3.37. The third-order valence-electron chi connectivity index (χ3n) is 5.05. The Labute approximate surface area is 134 Å². The molecule has 22 heavy (non-hydrogen) atoms. The van der Waals surface area contributed by atoms with Crippen LogP contribution in [-0.2, 0) is 9.59 Å². The molecule has 0 aromatic heterocycles. The minimum Gasteiger partial charge on any atom is -0.353 e.